The van der Waals surface area contributed by atoms with Crippen LogP contribution in [0.5, 0.6) is 0 Å². The second kappa shape index (κ2) is 11.2. The summed E-state index contributed by atoms with van der Waals surface area (Å²) < 4.78 is 30.5. The van der Waals surface area contributed by atoms with Gasteiger partial charge in [0.25, 0.3) is 0 Å². The van der Waals surface area contributed by atoms with Gasteiger partial charge in [0.05, 0.1) is 12.6 Å². The number of fused-ring (bicyclic) bond motifs is 1. The quantitative estimate of drug-likeness (QED) is 0.331. The summed E-state index contributed by atoms with van der Waals surface area (Å²) in [5, 5.41) is 11.2. The highest BCUT2D eigenvalue weighted by atomic mass is 127. The van der Waals surface area contributed by atoms with E-state index in [1.54, 1.807) is 26.0 Å². The highest BCUT2D eigenvalue weighted by Crippen LogP contribution is 2.24. The van der Waals surface area contributed by atoms with Crippen LogP contribution >= 0.6 is 24.0 Å². The monoisotopic (exact) mass is 547 g/mol. The third-order valence-electron chi connectivity index (χ3n) is 5.37. The fourth-order valence-electron chi connectivity index (χ4n) is 3.64. The van der Waals surface area contributed by atoms with Gasteiger partial charge in [-0.3, -0.25) is 4.99 Å². The van der Waals surface area contributed by atoms with E-state index in [2.05, 4.69) is 39.6 Å². The summed E-state index contributed by atoms with van der Waals surface area (Å²) in [6.07, 6.45) is 1.76. The molecule has 0 radical (unpaired) electrons. The molecule has 0 bridgehead atoms. The molecule has 3 rings (SSSR count). The van der Waals surface area contributed by atoms with Gasteiger partial charge in [-0.1, -0.05) is 19.9 Å². The molecule has 1 aromatic carbocycles. The Kier molecular flexibility index (Phi) is 9.16. The van der Waals surface area contributed by atoms with Crippen LogP contribution in [0.4, 0.5) is 8.78 Å². The molecule has 1 aliphatic heterocycles. The van der Waals surface area contributed by atoms with Crippen LogP contribution in [0.25, 0.3) is 0 Å². The summed E-state index contributed by atoms with van der Waals surface area (Å²) in [5.74, 6) is 1.68. The van der Waals surface area contributed by atoms with Crippen LogP contribution in [0.1, 0.15) is 49.4 Å². The molecule has 7 nitrogen and oxygen atoms in total. The summed E-state index contributed by atoms with van der Waals surface area (Å²) in [6.45, 7) is 5.18. The minimum atomic E-state index is -0.551. The summed E-state index contributed by atoms with van der Waals surface area (Å²) >= 11 is 0. The van der Waals surface area contributed by atoms with Crippen molar-refractivity contribution in [2.45, 2.75) is 51.2 Å². The number of nitrogens with zero attached hydrogens (tertiary/aromatic N) is 5. The molecule has 0 amide bonds. The van der Waals surface area contributed by atoms with Gasteiger partial charge in [0.15, 0.2) is 11.8 Å². The van der Waals surface area contributed by atoms with Gasteiger partial charge in [0, 0.05) is 37.5 Å². The van der Waals surface area contributed by atoms with E-state index < -0.39 is 17.7 Å². The average molecular weight is 547 g/mol. The molecule has 0 saturated carbocycles. The Labute approximate surface area is 199 Å². The zero-order valence-electron chi connectivity index (χ0n) is 18.7. The lowest BCUT2D eigenvalue weighted by Crippen LogP contribution is -2.48. The van der Waals surface area contributed by atoms with Gasteiger partial charge in [-0.2, -0.15) is 5.10 Å². The molecule has 2 aromatic rings. The van der Waals surface area contributed by atoms with Gasteiger partial charge >= 0.3 is 0 Å². The topological polar surface area (TPSA) is 70.4 Å². The van der Waals surface area contributed by atoms with Gasteiger partial charge < -0.3 is 15.5 Å². The van der Waals surface area contributed by atoms with Crippen LogP contribution < -0.4 is 10.6 Å². The van der Waals surface area contributed by atoms with Crippen LogP contribution in [-0.4, -0.2) is 59.4 Å². The molecule has 0 saturated heterocycles. The van der Waals surface area contributed by atoms with E-state index in [0.29, 0.717) is 25.0 Å². The fraction of sp³-hybridized carbons (Fsp3) is 0.571. The van der Waals surface area contributed by atoms with Crippen molar-refractivity contribution in [3.05, 3.63) is 47.0 Å². The molecule has 0 aliphatic carbocycles. The summed E-state index contributed by atoms with van der Waals surface area (Å²) in [6, 6.07) is 3.61. The van der Waals surface area contributed by atoms with Gasteiger partial charge in [-0.05, 0) is 32.6 Å². The van der Waals surface area contributed by atoms with Gasteiger partial charge in [0.2, 0.25) is 0 Å². The standard InChI is InChI=1S/C21H31F2N7.HI/c1-13(2)20-27-18-10-9-14(12-30(18)28-20)26-21(24-3)25-11-17(29(4)5)19-15(22)7-6-8-16(19)23;/h6-8,13-14,17H,9-12H2,1-5H3,(H2,24,25,26);1H. The van der Waals surface area contributed by atoms with Crippen LogP contribution in [-0.2, 0) is 13.0 Å². The molecule has 2 heterocycles. The smallest absolute Gasteiger partial charge is 0.191 e. The molecule has 10 heteroatoms. The van der Waals surface area contributed by atoms with Gasteiger partial charge in [0.1, 0.15) is 17.5 Å². The first kappa shape index (κ1) is 25.4. The number of rotatable bonds is 6. The number of halogens is 3. The maximum Gasteiger partial charge on any atom is 0.191 e. The lowest BCUT2D eigenvalue weighted by atomic mass is 10.0. The highest BCUT2D eigenvalue weighted by molar-refractivity contribution is 14.0. The number of aromatic nitrogens is 3. The average Bonchev–Trinajstić information content (AvgIpc) is 3.12. The molecule has 2 unspecified atom stereocenters. The first-order valence-electron chi connectivity index (χ1n) is 10.3. The first-order valence-corrected chi connectivity index (χ1v) is 10.3. The molecule has 0 spiro atoms. The van der Waals surface area contributed by atoms with E-state index in [9.17, 15) is 8.78 Å². The Morgan fingerprint density at radius 3 is 2.55 bits per heavy atom. The second-order valence-corrected chi connectivity index (χ2v) is 8.17. The maximum atomic E-state index is 14.3. The predicted molar refractivity (Wildman–Crippen MR) is 129 cm³/mol. The lowest BCUT2D eigenvalue weighted by Gasteiger charge is -2.29. The van der Waals surface area contributed by atoms with Crippen molar-refractivity contribution in [3.8, 4) is 0 Å². The summed E-state index contributed by atoms with van der Waals surface area (Å²) in [5.41, 5.74) is 0.0524. The Balaban J connectivity index is 0.00000341. The summed E-state index contributed by atoms with van der Waals surface area (Å²) in [4.78, 5) is 10.7. The van der Waals surface area contributed by atoms with Crippen molar-refractivity contribution >= 4 is 29.9 Å². The molecule has 1 aromatic heterocycles. The van der Waals surface area contributed by atoms with Crippen molar-refractivity contribution in [2.24, 2.45) is 4.99 Å². The number of likely N-dealkylation sites (N-methyl/N-ethyl adjacent to an activating group) is 1. The molecule has 31 heavy (non-hydrogen) atoms. The number of aryl methyl sites for hydroxylation is 1. The number of hydrogen-bond acceptors (Lipinski definition) is 4. The van der Waals surface area contributed by atoms with Crippen molar-refractivity contribution in [3.63, 3.8) is 0 Å². The minimum absolute atomic E-state index is 0. The Hall–Kier alpha value is -1.82. The summed E-state index contributed by atoms with van der Waals surface area (Å²) in [7, 11) is 5.28. The van der Waals surface area contributed by atoms with Crippen LogP contribution in [0.3, 0.4) is 0 Å². The first-order chi connectivity index (χ1) is 14.3. The Bertz CT molecular complexity index is 878. The van der Waals surface area contributed by atoms with E-state index in [4.69, 9.17) is 0 Å². The molecule has 1 aliphatic rings. The van der Waals surface area contributed by atoms with E-state index in [1.807, 2.05) is 4.68 Å². The molecular formula is C21H32F2IN7. The Morgan fingerprint density at radius 1 is 1.29 bits per heavy atom. The third kappa shape index (κ3) is 6.12. The fourth-order valence-corrected chi connectivity index (χ4v) is 3.64. The van der Waals surface area contributed by atoms with Crippen molar-refractivity contribution in [2.75, 3.05) is 27.7 Å². The van der Waals surface area contributed by atoms with Crippen molar-refractivity contribution in [1.29, 1.82) is 0 Å². The molecule has 2 atom stereocenters. The number of nitrogens with one attached hydrogen (secondary N) is 2. The minimum Gasteiger partial charge on any atom is -0.354 e. The largest absolute Gasteiger partial charge is 0.354 e. The number of benzene rings is 1. The zero-order valence-corrected chi connectivity index (χ0v) is 21.0. The molecule has 2 N–H and O–H groups in total. The zero-order chi connectivity index (χ0) is 21.8. The molecule has 172 valence electrons. The molecule has 0 fully saturated rings. The van der Waals surface area contributed by atoms with Crippen LogP contribution in [0.2, 0.25) is 0 Å². The van der Waals surface area contributed by atoms with Gasteiger partial charge in [-0.25, -0.2) is 18.4 Å². The maximum absolute atomic E-state index is 14.3. The van der Waals surface area contributed by atoms with E-state index in [-0.39, 0.29) is 35.6 Å². The third-order valence-corrected chi connectivity index (χ3v) is 5.37. The van der Waals surface area contributed by atoms with E-state index in [1.165, 1.54) is 18.2 Å². The molecular weight excluding hydrogens is 515 g/mol. The Morgan fingerprint density at radius 2 is 1.97 bits per heavy atom. The van der Waals surface area contributed by atoms with Crippen LogP contribution in [0.15, 0.2) is 23.2 Å². The van der Waals surface area contributed by atoms with Crippen molar-refractivity contribution in [1.82, 2.24) is 30.3 Å². The predicted octanol–water partition coefficient (Wildman–Crippen LogP) is 3.08. The highest BCUT2D eigenvalue weighted by Gasteiger charge is 2.25. The number of aliphatic imine (C=N–C) groups is 1. The van der Waals surface area contributed by atoms with E-state index >= 15 is 0 Å². The normalized spacial score (nSPS) is 17.3. The number of guanidine groups is 1. The second-order valence-electron chi connectivity index (χ2n) is 8.17. The lowest BCUT2D eigenvalue weighted by molar-refractivity contribution is 0.282. The van der Waals surface area contributed by atoms with Crippen molar-refractivity contribution < 1.29 is 8.78 Å². The van der Waals surface area contributed by atoms with E-state index in [0.717, 1.165) is 24.5 Å². The van der Waals surface area contributed by atoms with Gasteiger partial charge in [-0.15, -0.1) is 24.0 Å². The SMILES string of the molecule is CN=C(NCC(c1c(F)cccc1F)N(C)C)NC1CCc2nc(C(C)C)nn2C1.I. The number of hydrogen-bond donors (Lipinski definition) is 2. The van der Waals surface area contributed by atoms with Crippen LogP contribution in [0, 0.1) is 11.6 Å².